The molecule has 2 aliphatic heterocycles. The van der Waals surface area contributed by atoms with Gasteiger partial charge >= 0.3 is 6.18 Å². The van der Waals surface area contributed by atoms with Gasteiger partial charge in [0.2, 0.25) is 0 Å². The number of aromatic nitrogens is 1. The quantitative estimate of drug-likeness (QED) is 0.691. The number of fused-ring (bicyclic) bond motifs is 1. The molecule has 25 heavy (non-hydrogen) atoms. The molecule has 3 nitrogen and oxygen atoms in total. The van der Waals surface area contributed by atoms with E-state index in [0.29, 0.717) is 17.0 Å². The van der Waals surface area contributed by atoms with Gasteiger partial charge in [0.1, 0.15) is 5.82 Å². The molecule has 0 unspecified atom stereocenters. The van der Waals surface area contributed by atoms with Crippen LogP contribution >= 0.6 is 0 Å². The number of pyridine rings is 1. The maximum atomic E-state index is 13.2. The van der Waals surface area contributed by atoms with Crippen LogP contribution in [0.25, 0.3) is 5.57 Å². The third kappa shape index (κ3) is 3.71. The van der Waals surface area contributed by atoms with Crippen molar-refractivity contribution in [2.24, 2.45) is 9.98 Å². The first kappa shape index (κ1) is 16.8. The molecule has 0 radical (unpaired) electrons. The number of hydrogen-bond acceptors (Lipinski definition) is 3. The van der Waals surface area contributed by atoms with Crippen molar-refractivity contribution in [3.05, 3.63) is 84.2 Å². The second-order valence-electron chi connectivity index (χ2n) is 5.07. The number of halogens is 4. The highest BCUT2D eigenvalue weighted by atomic mass is 19.4. The van der Waals surface area contributed by atoms with E-state index in [1.807, 2.05) is 18.2 Å². The summed E-state index contributed by atoms with van der Waals surface area (Å²) in [6.07, 6.45) is 3.39. The predicted molar refractivity (Wildman–Crippen MR) is 87.6 cm³/mol. The second kappa shape index (κ2) is 6.80. The molecule has 0 amide bonds. The minimum atomic E-state index is -4.72. The van der Waals surface area contributed by atoms with Crippen LogP contribution in [-0.4, -0.2) is 16.4 Å². The van der Waals surface area contributed by atoms with Crippen LogP contribution in [0.3, 0.4) is 0 Å². The SMILES string of the molecule is Fc1ccc(C2=CN=C3C=CN=C23)cc1C(F)(F)F.c1ccncc1. The van der Waals surface area contributed by atoms with Gasteiger partial charge in [0.05, 0.1) is 17.0 Å². The average Bonchev–Trinajstić information content (AvgIpc) is 3.20. The van der Waals surface area contributed by atoms with E-state index < -0.39 is 17.6 Å². The van der Waals surface area contributed by atoms with Crippen molar-refractivity contribution in [3.8, 4) is 0 Å². The number of aliphatic imine (C=N–C) groups is 2. The zero-order valence-electron chi connectivity index (χ0n) is 12.7. The summed E-state index contributed by atoms with van der Waals surface area (Å²) >= 11 is 0. The minimum absolute atomic E-state index is 0.245. The van der Waals surface area contributed by atoms with E-state index in [-0.39, 0.29) is 5.56 Å². The Bertz CT molecular complexity index is 868. The van der Waals surface area contributed by atoms with Gasteiger partial charge in [-0.2, -0.15) is 13.2 Å². The number of benzene rings is 1. The normalized spacial score (nSPS) is 15.0. The molecule has 7 heteroatoms. The summed E-state index contributed by atoms with van der Waals surface area (Å²) in [6.45, 7) is 0. The van der Waals surface area contributed by atoms with Crippen molar-refractivity contribution in [1.82, 2.24) is 4.98 Å². The molecular formula is C18H11F4N3. The fourth-order valence-corrected chi connectivity index (χ4v) is 2.27. The van der Waals surface area contributed by atoms with Gasteiger partial charge < -0.3 is 0 Å². The van der Waals surface area contributed by atoms with Crippen LogP contribution < -0.4 is 0 Å². The van der Waals surface area contributed by atoms with Crippen LogP contribution in [0.5, 0.6) is 0 Å². The molecule has 0 atom stereocenters. The maximum absolute atomic E-state index is 13.2. The van der Waals surface area contributed by atoms with Gasteiger partial charge in [0.15, 0.2) is 0 Å². The predicted octanol–water partition coefficient (Wildman–Crippen LogP) is 4.69. The van der Waals surface area contributed by atoms with Gasteiger partial charge in [-0.1, -0.05) is 12.1 Å². The Morgan fingerprint density at radius 2 is 1.68 bits per heavy atom. The molecule has 0 saturated carbocycles. The molecule has 2 aromatic rings. The Kier molecular flexibility index (Phi) is 4.56. The lowest BCUT2D eigenvalue weighted by molar-refractivity contribution is -0.140. The molecule has 0 N–H and O–H groups in total. The molecule has 2 aliphatic rings. The molecule has 3 heterocycles. The molecule has 0 aliphatic carbocycles. The van der Waals surface area contributed by atoms with Gasteiger partial charge in [-0.15, -0.1) is 0 Å². The lowest BCUT2D eigenvalue weighted by atomic mass is 9.99. The minimum Gasteiger partial charge on any atom is -0.265 e. The van der Waals surface area contributed by atoms with Crippen molar-refractivity contribution >= 4 is 17.0 Å². The fraction of sp³-hybridized carbons (Fsp3) is 0.0556. The lowest BCUT2D eigenvalue weighted by Crippen LogP contribution is -2.10. The van der Waals surface area contributed by atoms with Gasteiger partial charge in [-0.3, -0.25) is 15.0 Å². The number of hydrogen-bond donors (Lipinski definition) is 0. The van der Waals surface area contributed by atoms with Crippen LogP contribution in [0.4, 0.5) is 17.6 Å². The highest BCUT2D eigenvalue weighted by molar-refractivity contribution is 6.63. The molecule has 1 aromatic heterocycles. The van der Waals surface area contributed by atoms with Crippen molar-refractivity contribution in [3.63, 3.8) is 0 Å². The Hall–Kier alpha value is -3.09. The Morgan fingerprint density at radius 3 is 2.28 bits per heavy atom. The summed E-state index contributed by atoms with van der Waals surface area (Å²) in [7, 11) is 0. The summed E-state index contributed by atoms with van der Waals surface area (Å²) in [5, 5.41) is 0. The monoisotopic (exact) mass is 345 g/mol. The van der Waals surface area contributed by atoms with Crippen molar-refractivity contribution in [2.75, 3.05) is 0 Å². The Labute approximate surface area is 140 Å². The first-order chi connectivity index (χ1) is 12.0. The molecule has 1 aromatic carbocycles. The smallest absolute Gasteiger partial charge is 0.265 e. The summed E-state index contributed by atoms with van der Waals surface area (Å²) in [4.78, 5) is 11.8. The highest BCUT2D eigenvalue weighted by Crippen LogP contribution is 2.34. The zero-order valence-corrected chi connectivity index (χ0v) is 12.7. The topological polar surface area (TPSA) is 37.6 Å². The van der Waals surface area contributed by atoms with E-state index in [1.165, 1.54) is 18.5 Å². The molecule has 0 fully saturated rings. The summed E-state index contributed by atoms with van der Waals surface area (Å²) < 4.78 is 51.2. The summed E-state index contributed by atoms with van der Waals surface area (Å²) in [6, 6.07) is 8.59. The molecule has 0 spiro atoms. The van der Waals surface area contributed by atoms with Crippen molar-refractivity contribution in [1.29, 1.82) is 0 Å². The van der Waals surface area contributed by atoms with Crippen LogP contribution in [0, 0.1) is 5.82 Å². The van der Waals surface area contributed by atoms with E-state index in [0.717, 1.165) is 12.1 Å². The van der Waals surface area contributed by atoms with E-state index in [4.69, 9.17) is 0 Å². The van der Waals surface area contributed by atoms with Gasteiger partial charge in [-0.25, -0.2) is 4.39 Å². The lowest BCUT2D eigenvalue weighted by Gasteiger charge is -2.10. The zero-order chi connectivity index (χ0) is 17.9. The Morgan fingerprint density at radius 1 is 0.920 bits per heavy atom. The van der Waals surface area contributed by atoms with Gasteiger partial charge in [-0.05, 0) is 35.9 Å². The van der Waals surface area contributed by atoms with E-state index in [1.54, 1.807) is 18.5 Å². The fourth-order valence-electron chi connectivity index (χ4n) is 2.27. The second-order valence-corrected chi connectivity index (χ2v) is 5.07. The van der Waals surface area contributed by atoms with Crippen LogP contribution in [0.15, 0.2) is 77.3 Å². The van der Waals surface area contributed by atoms with E-state index in [2.05, 4.69) is 15.0 Å². The average molecular weight is 345 g/mol. The van der Waals surface area contributed by atoms with Crippen LogP contribution in [0.2, 0.25) is 0 Å². The number of allylic oxidation sites excluding steroid dienone is 2. The number of nitrogens with zero attached hydrogens (tertiary/aromatic N) is 3. The van der Waals surface area contributed by atoms with Crippen molar-refractivity contribution < 1.29 is 17.6 Å². The molecule has 126 valence electrons. The third-order valence-electron chi connectivity index (χ3n) is 3.42. The summed E-state index contributed by atoms with van der Waals surface area (Å²) in [5.41, 5.74) is 0.541. The maximum Gasteiger partial charge on any atom is 0.419 e. The van der Waals surface area contributed by atoms with Crippen LogP contribution in [0.1, 0.15) is 11.1 Å². The standard InChI is InChI=1S/C13H6F4N2.C5H5N/c14-10-2-1-7(5-9(10)13(15,16)17)8-6-19-11-3-4-18-12(8)11;1-2-4-6-5-3-1/h1-6H;1-5H. The number of rotatable bonds is 1. The Balaban J connectivity index is 0.000000258. The van der Waals surface area contributed by atoms with Gasteiger partial charge in [0.25, 0.3) is 0 Å². The highest BCUT2D eigenvalue weighted by Gasteiger charge is 2.35. The molecule has 4 rings (SSSR count). The number of alkyl halides is 3. The largest absolute Gasteiger partial charge is 0.419 e. The molecule has 0 saturated heterocycles. The first-order valence-electron chi connectivity index (χ1n) is 7.22. The molecular weight excluding hydrogens is 334 g/mol. The third-order valence-corrected chi connectivity index (χ3v) is 3.42. The van der Waals surface area contributed by atoms with Crippen LogP contribution in [-0.2, 0) is 6.18 Å². The molecule has 0 bridgehead atoms. The van der Waals surface area contributed by atoms with E-state index in [9.17, 15) is 17.6 Å². The van der Waals surface area contributed by atoms with Crippen molar-refractivity contribution in [2.45, 2.75) is 6.18 Å². The van der Waals surface area contributed by atoms with Gasteiger partial charge in [0, 0.05) is 30.4 Å². The van der Waals surface area contributed by atoms with E-state index >= 15 is 0 Å². The first-order valence-corrected chi connectivity index (χ1v) is 7.22. The summed E-state index contributed by atoms with van der Waals surface area (Å²) in [5.74, 6) is -1.29.